The van der Waals surface area contributed by atoms with E-state index in [0.717, 1.165) is 17.3 Å². The van der Waals surface area contributed by atoms with Gasteiger partial charge in [-0.05, 0) is 42.5 Å². The summed E-state index contributed by atoms with van der Waals surface area (Å²) in [6, 6.07) is 13.4. The first kappa shape index (κ1) is 23.0. The molecule has 1 saturated heterocycles. The average molecular weight is 469 g/mol. The zero-order valence-electron chi connectivity index (χ0n) is 18.9. The van der Waals surface area contributed by atoms with E-state index in [0.29, 0.717) is 18.7 Å². The van der Waals surface area contributed by atoms with Crippen molar-refractivity contribution in [3.8, 4) is 0 Å². The largest absolute Gasteiger partial charge is 0.350 e. The molecule has 3 aromatic rings. The molecule has 1 aromatic heterocycles. The highest BCUT2D eigenvalue weighted by Gasteiger charge is 2.32. The zero-order chi connectivity index (χ0) is 23.8. The van der Waals surface area contributed by atoms with Crippen LogP contribution in [-0.2, 0) is 17.1 Å². The molecule has 33 heavy (non-hydrogen) atoms. The minimum Gasteiger partial charge on any atom is -0.350 e. The fourth-order valence-electron chi connectivity index (χ4n) is 4.52. The predicted molar refractivity (Wildman–Crippen MR) is 126 cm³/mol. The number of aromatic nitrogens is 1. The highest BCUT2D eigenvalue weighted by Crippen LogP contribution is 2.27. The highest BCUT2D eigenvalue weighted by molar-refractivity contribution is 7.89. The second-order valence-electron chi connectivity index (χ2n) is 8.87. The molecule has 1 fully saturated rings. The van der Waals surface area contributed by atoms with Crippen molar-refractivity contribution in [3.05, 3.63) is 65.9 Å². The van der Waals surface area contributed by atoms with Crippen LogP contribution in [0.15, 0.2) is 59.6 Å². The van der Waals surface area contributed by atoms with Crippen LogP contribution in [0.25, 0.3) is 10.9 Å². The number of nitrogens with one attached hydrogen (secondary N) is 2. The van der Waals surface area contributed by atoms with Crippen LogP contribution in [0.1, 0.15) is 41.0 Å². The van der Waals surface area contributed by atoms with Gasteiger partial charge in [0, 0.05) is 42.8 Å². The molecule has 1 aliphatic rings. The van der Waals surface area contributed by atoms with Crippen molar-refractivity contribution >= 4 is 32.7 Å². The van der Waals surface area contributed by atoms with Crippen molar-refractivity contribution in [1.82, 2.24) is 19.7 Å². The average Bonchev–Trinajstić information content (AvgIpc) is 3.13. The lowest BCUT2D eigenvalue weighted by atomic mass is 9.94. The van der Waals surface area contributed by atoms with Crippen molar-refractivity contribution in [2.24, 2.45) is 18.9 Å². The summed E-state index contributed by atoms with van der Waals surface area (Å²) >= 11 is 0. The molecule has 2 aromatic carbocycles. The summed E-state index contributed by atoms with van der Waals surface area (Å²) in [5.74, 6) is -0.500. The molecule has 0 saturated carbocycles. The lowest BCUT2D eigenvalue weighted by Crippen LogP contribution is -2.43. The molecule has 2 unspecified atom stereocenters. The van der Waals surface area contributed by atoms with E-state index in [2.05, 4.69) is 10.9 Å². The molecule has 2 amide bonds. The van der Waals surface area contributed by atoms with E-state index in [1.165, 1.54) is 28.6 Å². The van der Waals surface area contributed by atoms with Gasteiger partial charge in [-0.2, -0.15) is 4.31 Å². The number of carbonyl (C=O) groups is 2. The minimum atomic E-state index is -3.72. The molecular formula is C24H28N4O4S. The molecule has 1 aliphatic heterocycles. The number of sulfonamides is 1. The summed E-state index contributed by atoms with van der Waals surface area (Å²) in [5, 5.41) is 0.768. The minimum absolute atomic E-state index is 0.0665. The molecule has 0 bridgehead atoms. The fraction of sp³-hybridized carbons (Fsp3) is 0.333. The number of aryl methyl sites for hydroxylation is 1. The number of nitrogens with zero attached hydrogens (tertiary/aromatic N) is 2. The van der Waals surface area contributed by atoms with Gasteiger partial charge in [-0.25, -0.2) is 8.42 Å². The Morgan fingerprint density at radius 1 is 0.939 bits per heavy atom. The topological polar surface area (TPSA) is 101 Å². The lowest BCUT2D eigenvalue weighted by Gasteiger charge is -2.34. The second-order valence-corrected chi connectivity index (χ2v) is 10.8. The van der Waals surface area contributed by atoms with Crippen LogP contribution in [0.3, 0.4) is 0 Å². The Balaban J connectivity index is 1.48. The lowest BCUT2D eigenvalue weighted by molar-refractivity contribution is 0.0847. The summed E-state index contributed by atoms with van der Waals surface area (Å²) in [4.78, 5) is 25.4. The van der Waals surface area contributed by atoms with E-state index >= 15 is 0 Å². The maximum absolute atomic E-state index is 13.2. The van der Waals surface area contributed by atoms with E-state index in [1.807, 2.05) is 49.7 Å². The van der Waals surface area contributed by atoms with Gasteiger partial charge in [0.1, 0.15) is 0 Å². The van der Waals surface area contributed by atoms with E-state index in [4.69, 9.17) is 0 Å². The van der Waals surface area contributed by atoms with Crippen LogP contribution in [0.2, 0.25) is 0 Å². The van der Waals surface area contributed by atoms with Gasteiger partial charge in [0.2, 0.25) is 10.0 Å². The number of carbonyl (C=O) groups excluding carboxylic acids is 2. The van der Waals surface area contributed by atoms with Crippen molar-refractivity contribution in [2.75, 3.05) is 13.1 Å². The molecule has 0 aliphatic carbocycles. The Morgan fingerprint density at radius 3 is 2.33 bits per heavy atom. The van der Waals surface area contributed by atoms with Crippen LogP contribution in [0.4, 0.5) is 0 Å². The Kier molecular flexibility index (Phi) is 6.27. The predicted octanol–water partition coefficient (Wildman–Crippen LogP) is 2.92. The van der Waals surface area contributed by atoms with Crippen LogP contribution in [0.5, 0.6) is 0 Å². The van der Waals surface area contributed by atoms with Crippen molar-refractivity contribution in [1.29, 1.82) is 0 Å². The van der Waals surface area contributed by atoms with E-state index in [1.54, 1.807) is 6.20 Å². The molecule has 8 nitrogen and oxygen atoms in total. The summed E-state index contributed by atoms with van der Waals surface area (Å²) < 4.78 is 29.6. The number of para-hydroxylation sites is 1. The number of amides is 2. The fourth-order valence-corrected chi connectivity index (χ4v) is 6.25. The SMILES string of the molecule is CC1CC(C)CN(S(=O)(=O)c2cccc(C(=O)NNC(=O)c3cn(C)c4ccccc34)c2)C1. The third-order valence-corrected chi connectivity index (χ3v) is 7.83. The van der Waals surface area contributed by atoms with Gasteiger partial charge in [0.15, 0.2) is 0 Å². The van der Waals surface area contributed by atoms with Gasteiger partial charge < -0.3 is 4.57 Å². The number of hydrogen-bond donors (Lipinski definition) is 2. The summed E-state index contributed by atoms with van der Waals surface area (Å²) in [5.41, 5.74) is 6.28. The van der Waals surface area contributed by atoms with Gasteiger partial charge in [-0.15, -0.1) is 0 Å². The van der Waals surface area contributed by atoms with Crippen LogP contribution in [0, 0.1) is 11.8 Å². The third kappa shape index (κ3) is 4.65. The molecule has 2 N–H and O–H groups in total. The molecule has 174 valence electrons. The molecule has 0 radical (unpaired) electrons. The Morgan fingerprint density at radius 2 is 1.61 bits per heavy atom. The maximum atomic E-state index is 13.2. The van der Waals surface area contributed by atoms with E-state index < -0.39 is 21.8 Å². The third-order valence-electron chi connectivity index (χ3n) is 6.00. The van der Waals surface area contributed by atoms with E-state index in [9.17, 15) is 18.0 Å². The van der Waals surface area contributed by atoms with Gasteiger partial charge in [0.25, 0.3) is 11.8 Å². The van der Waals surface area contributed by atoms with Crippen LogP contribution < -0.4 is 10.9 Å². The highest BCUT2D eigenvalue weighted by atomic mass is 32.2. The summed E-state index contributed by atoms with van der Waals surface area (Å²) in [6.07, 6.45) is 2.69. The van der Waals surface area contributed by atoms with Crippen LogP contribution >= 0.6 is 0 Å². The number of benzene rings is 2. The molecule has 4 rings (SSSR count). The normalized spacial score (nSPS) is 19.4. The zero-order valence-corrected chi connectivity index (χ0v) is 19.7. The van der Waals surface area contributed by atoms with Gasteiger partial charge in [-0.1, -0.05) is 38.1 Å². The molecule has 2 heterocycles. The van der Waals surface area contributed by atoms with Gasteiger partial charge in [-0.3, -0.25) is 20.4 Å². The number of fused-ring (bicyclic) bond motifs is 1. The molecule has 2 atom stereocenters. The number of hydrogen-bond acceptors (Lipinski definition) is 4. The first-order chi connectivity index (χ1) is 15.7. The standard InChI is InChI=1S/C24H28N4O4S/c1-16-11-17(2)14-28(13-16)33(31,32)19-8-6-7-18(12-19)23(29)25-26-24(30)21-15-27(3)22-10-5-4-9-20(21)22/h4-10,12,15-17H,11,13-14H2,1-3H3,(H,25,29)(H,26,30). The first-order valence-corrected chi connectivity index (χ1v) is 12.4. The Labute approximate surface area is 193 Å². The van der Waals surface area contributed by atoms with Gasteiger partial charge >= 0.3 is 0 Å². The smallest absolute Gasteiger partial charge is 0.271 e. The second kappa shape index (κ2) is 8.99. The van der Waals surface area contributed by atoms with Crippen LogP contribution in [-0.4, -0.2) is 42.2 Å². The quantitative estimate of drug-likeness (QED) is 0.575. The number of hydrazine groups is 1. The molecular weight excluding hydrogens is 440 g/mol. The number of piperidine rings is 1. The van der Waals surface area contributed by atoms with Gasteiger partial charge in [0.05, 0.1) is 10.5 Å². The molecule has 0 spiro atoms. The first-order valence-electron chi connectivity index (χ1n) is 10.9. The Bertz CT molecular complexity index is 1310. The van der Waals surface area contributed by atoms with Crippen molar-refractivity contribution in [3.63, 3.8) is 0 Å². The van der Waals surface area contributed by atoms with Crippen molar-refractivity contribution in [2.45, 2.75) is 25.2 Å². The Hall–Kier alpha value is -3.17. The maximum Gasteiger partial charge on any atom is 0.271 e. The number of rotatable bonds is 4. The summed E-state index contributed by atoms with van der Waals surface area (Å²) in [7, 11) is -1.88. The van der Waals surface area contributed by atoms with Crippen molar-refractivity contribution < 1.29 is 18.0 Å². The summed E-state index contributed by atoms with van der Waals surface area (Å²) in [6.45, 7) is 5.01. The molecule has 9 heteroatoms. The monoisotopic (exact) mass is 468 g/mol. The van der Waals surface area contributed by atoms with E-state index in [-0.39, 0.29) is 22.3 Å².